The average Bonchev–Trinajstić information content (AvgIpc) is 3.02. The van der Waals surface area contributed by atoms with Crippen LogP contribution in [0.3, 0.4) is 0 Å². The average molecular weight is 286 g/mol. The van der Waals surface area contributed by atoms with Crippen molar-refractivity contribution in [3.05, 3.63) is 50.5 Å². The summed E-state index contributed by atoms with van der Waals surface area (Å²) in [4.78, 5) is 6.01. The van der Waals surface area contributed by atoms with Crippen LogP contribution >= 0.6 is 11.3 Å². The van der Waals surface area contributed by atoms with Gasteiger partial charge in [0.1, 0.15) is 0 Å². The van der Waals surface area contributed by atoms with Gasteiger partial charge < -0.3 is 5.32 Å². The molecule has 0 saturated heterocycles. The first-order valence-corrected chi connectivity index (χ1v) is 8.21. The normalized spacial score (nSPS) is 15.3. The van der Waals surface area contributed by atoms with Crippen molar-refractivity contribution >= 4 is 11.3 Å². The Morgan fingerprint density at radius 2 is 2.05 bits per heavy atom. The van der Waals surface area contributed by atoms with Gasteiger partial charge in [-0.15, -0.1) is 11.3 Å². The molecule has 0 fully saturated rings. The Bertz CT molecular complexity index is 596. The lowest BCUT2D eigenvalue weighted by molar-refractivity contribution is 0.589. The van der Waals surface area contributed by atoms with Crippen LogP contribution in [0.2, 0.25) is 0 Å². The number of hydrogen-bond donors (Lipinski definition) is 1. The Morgan fingerprint density at radius 1 is 1.25 bits per heavy atom. The zero-order chi connectivity index (χ0) is 14.1. The Morgan fingerprint density at radius 3 is 2.75 bits per heavy atom. The van der Waals surface area contributed by atoms with Gasteiger partial charge in [0.15, 0.2) is 0 Å². The zero-order valence-electron chi connectivity index (χ0n) is 12.5. The molecule has 106 valence electrons. The van der Waals surface area contributed by atoms with E-state index in [1.165, 1.54) is 40.4 Å². The van der Waals surface area contributed by atoms with Gasteiger partial charge in [0.25, 0.3) is 0 Å². The fraction of sp³-hybridized carbons (Fsp3) is 0.471. The monoisotopic (exact) mass is 286 g/mol. The second-order valence-electron chi connectivity index (χ2n) is 5.68. The highest BCUT2D eigenvalue weighted by molar-refractivity contribution is 7.11. The fourth-order valence-electron chi connectivity index (χ4n) is 3.00. The topological polar surface area (TPSA) is 24.9 Å². The van der Waals surface area contributed by atoms with Crippen LogP contribution in [0.15, 0.2) is 18.2 Å². The summed E-state index contributed by atoms with van der Waals surface area (Å²) in [6.45, 7) is 4.25. The minimum Gasteiger partial charge on any atom is -0.313 e. The van der Waals surface area contributed by atoms with Crippen molar-refractivity contribution in [1.29, 1.82) is 0 Å². The van der Waals surface area contributed by atoms with E-state index >= 15 is 0 Å². The molecular weight excluding hydrogens is 264 g/mol. The lowest BCUT2D eigenvalue weighted by Crippen LogP contribution is -2.19. The molecule has 1 aliphatic rings. The number of thiazole rings is 1. The van der Waals surface area contributed by atoms with Gasteiger partial charge in [-0.25, -0.2) is 4.98 Å². The largest absolute Gasteiger partial charge is 0.313 e. The number of nitrogens with zero attached hydrogens (tertiary/aromatic N) is 1. The van der Waals surface area contributed by atoms with Gasteiger partial charge in [-0.2, -0.15) is 0 Å². The molecule has 2 aromatic rings. The maximum Gasteiger partial charge on any atom is 0.0949 e. The Labute approximate surface area is 125 Å². The van der Waals surface area contributed by atoms with E-state index in [0.29, 0.717) is 6.04 Å². The molecule has 20 heavy (non-hydrogen) atoms. The first kappa shape index (κ1) is 13.8. The van der Waals surface area contributed by atoms with Gasteiger partial charge in [-0.05, 0) is 56.8 Å². The zero-order valence-corrected chi connectivity index (χ0v) is 13.3. The van der Waals surface area contributed by atoms with Crippen LogP contribution in [-0.2, 0) is 19.3 Å². The first-order chi connectivity index (χ1) is 9.67. The predicted octanol–water partition coefficient (Wildman–Crippen LogP) is 3.75. The van der Waals surface area contributed by atoms with Gasteiger partial charge in [0.2, 0.25) is 0 Å². The van der Waals surface area contributed by atoms with Crippen molar-refractivity contribution in [2.45, 2.75) is 45.6 Å². The van der Waals surface area contributed by atoms with Crippen molar-refractivity contribution in [3.8, 4) is 0 Å². The van der Waals surface area contributed by atoms with E-state index in [4.69, 9.17) is 0 Å². The number of rotatable bonds is 4. The molecule has 0 aliphatic heterocycles. The second-order valence-corrected chi connectivity index (χ2v) is 6.96. The van der Waals surface area contributed by atoms with E-state index in [1.54, 1.807) is 11.1 Å². The molecule has 1 unspecified atom stereocenters. The highest BCUT2D eigenvalue weighted by atomic mass is 32.1. The lowest BCUT2D eigenvalue weighted by Gasteiger charge is -2.16. The van der Waals surface area contributed by atoms with E-state index in [9.17, 15) is 0 Å². The maximum atomic E-state index is 4.67. The van der Waals surface area contributed by atoms with E-state index in [1.807, 2.05) is 18.4 Å². The van der Waals surface area contributed by atoms with Crippen LogP contribution in [0.25, 0.3) is 0 Å². The smallest absolute Gasteiger partial charge is 0.0949 e. The predicted molar refractivity (Wildman–Crippen MR) is 85.6 cm³/mol. The number of hydrogen-bond acceptors (Lipinski definition) is 3. The Hall–Kier alpha value is -1.19. The summed E-state index contributed by atoms with van der Waals surface area (Å²) in [7, 11) is 2.05. The van der Waals surface area contributed by atoms with Crippen LogP contribution in [0.4, 0.5) is 0 Å². The Kier molecular flexibility index (Phi) is 3.90. The molecule has 1 aliphatic carbocycles. The summed E-state index contributed by atoms with van der Waals surface area (Å²) in [5.74, 6) is 0. The van der Waals surface area contributed by atoms with Crippen molar-refractivity contribution < 1.29 is 0 Å². The minimum absolute atomic E-state index is 0.367. The molecule has 0 radical (unpaired) electrons. The van der Waals surface area contributed by atoms with Crippen molar-refractivity contribution in [2.24, 2.45) is 0 Å². The van der Waals surface area contributed by atoms with Gasteiger partial charge in [-0.1, -0.05) is 18.2 Å². The van der Waals surface area contributed by atoms with Crippen molar-refractivity contribution in [1.82, 2.24) is 10.3 Å². The summed E-state index contributed by atoms with van der Waals surface area (Å²) in [5, 5.41) is 4.69. The summed E-state index contributed by atoms with van der Waals surface area (Å²) in [5.41, 5.74) is 5.67. The molecule has 1 aromatic heterocycles. The number of aromatic nitrogens is 1. The van der Waals surface area contributed by atoms with Crippen LogP contribution in [0.1, 0.15) is 44.7 Å². The summed E-state index contributed by atoms with van der Waals surface area (Å²) < 4.78 is 0. The quantitative estimate of drug-likeness (QED) is 0.926. The van der Waals surface area contributed by atoms with E-state index in [-0.39, 0.29) is 0 Å². The van der Waals surface area contributed by atoms with Crippen LogP contribution in [-0.4, -0.2) is 12.0 Å². The van der Waals surface area contributed by atoms with Crippen molar-refractivity contribution in [3.63, 3.8) is 0 Å². The first-order valence-electron chi connectivity index (χ1n) is 7.39. The molecule has 2 nitrogen and oxygen atoms in total. The molecule has 0 amide bonds. The maximum absolute atomic E-state index is 4.67. The summed E-state index contributed by atoms with van der Waals surface area (Å²) in [6, 6.07) is 7.38. The number of nitrogens with one attached hydrogen (secondary N) is 1. The third-order valence-electron chi connectivity index (χ3n) is 4.32. The molecule has 1 atom stereocenters. The van der Waals surface area contributed by atoms with Gasteiger partial charge in [0, 0.05) is 17.3 Å². The molecule has 1 heterocycles. The molecule has 3 rings (SSSR count). The summed E-state index contributed by atoms with van der Waals surface area (Å²) >= 11 is 1.83. The third kappa shape index (κ3) is 2.65. The second kappa shape index (κ2) is 5.66. The van der Waals surface area contributed by atoms with E-state index in [2.05, 4.69) is 42.3 Å². The standard InChI is InChI=1S/C17H22N2S/c1-11-12(2)20-17(19-11)10-16(18-3)15-8-7-13-5-4-6-14(13)9-15/h7-9,16,18H,4-6,10H2,1-3H3. The van der Waals surface area contributed by atoms with Crippen LogP contribution in [0, 0.1) is 13.8 Å². The van der Waals surface area contributed by atoms with E-state index < -0.39 is 0 Å². The van der Waals surface area contributed by atoms with Crippen LogP contribution < -0.4 is 5.32 Å². The third-order valence-corrected chi connectivity index (χ3v) is 5.42. The number of likely N-dealkylation sites (N-methyl/N-ethyl adjacent to an activating group) is 1. The van der Waals surface area contributed by atoms with Gasteiger partial charge >= 0.3 is 0 Å². The number of benzene rings is 1. The fourth-order valence-corrected chi connectivity index (χ4v) is 3.98. The van der Waals surface area contributed by atoms with Crippen molar-refractivity contribution in [2.75, 3.05) is 7.05 Å². The van der Waals surface area contributed by atoms with Crippen LogP contribution in [0.5, 0.6) is 0 Å². The highest BCUT2D eigenvalue weighted by Gasteiger charge is 2.17. The lowest BCUT2D eigenvalue weighted by atomic mass is 9.99. The van der Waals surface area contributed by atoms with Gasteiger partial charge in [0.05, 0.1) is 10.7 Å². The molecular formula is C17H22N2S. The molecule has 0 spiro atoms. The molecule has 0 saturated carbocycles. The number of aryl methyl sites for hydroxylation is 4. The van der Waals surface area contributed by atoms with E-state index in [0.717, 1.165) is 6.42 Å². The summed E-state index contributed by atoms with van der Waals surface area (Å²) in [6.07, 6.45) is 4.79. The Balaban J connectivity index is 1.82. The number of fused-ring (bicyclic) bond motifs is 1. The highest BCUT2D eigenvalue weighted by Crippen LogP contribution is 2.28. The van der Waals surface area contributed by atoms with Gasteiger partial charge in [-0.3, -0.25) is 0 Å². The molecule has 0 bridgehead atoms. The molecule has 1 N–H and O–H groups in total. The minimum atomic E-state index is 0.367. The molecule has 3 heteroatoms. The molecule has 1 aromatic carbocycles. The SMILES string of the molecule is CNC(Cc1nc(C)c(C)s1)c1ccc2c(c1)CCC2.